The average Bonchev–Trinajstić information content (AvgIpc) is 2.50. The molecule has 110 valence electrons. The summed E-state index contributed by atoms with van der Waals surface area (Å²) in [7, 11) is 0. The van der Waals surface area contributed by atoms with Crippen LogP contribution in [0.2, 0.25) is 0 Å². The minimum absolute atomic E-state index is 0.0606. The van der Waals surface area contributed by atoms with Crippen LogP contribution in [0.1, 0.15) is 21.5 Å². The summed E-state index contributed by atoms with van der Waals surface area (Å²) in [6.07, 6.45) is 0.537. The molecule has 0 radical (unpaired) electrons. The lowest BCUT2D eigenvalue weighted by atomic mass is 10.1. The molecule has 0 aliphatic carbocycles. The first-order chi connectivity index (χ1) is 10.1. The molecule has 0 aliphatic rings. The van der Waals surface area contributed by atoms with E-state index in [1.165, 1.54) is 6.07 Å². The van der Waals surface area contributed by atoms with E-state index in [4.69, 9.17) is 0 Å². The lowest BCUT2D eigenvalue weighted by Gasteiger charge is -2.17. The summed E-state index contributed by atoms with van der Waals surface area (Å²) in [6, 6.07) is 14.1. The summed E-state index contributed by atoms with van der Waals surface area (Å²) in [5.74, 6) is -0.444. The zero-order valence-electron chi connectivity index (χ0n) is 11.9. The van der Waals surface area contributed by atoms with Crippen molar-refractivity contribution in [1.82, 2.24) is 5.32 Å². The first-order valence-electron chi connectivity index (χ1n) is 6.85. The molecule has 2 aromatic rings. The van der Waals surface area contributed by atoms with Gasteiger partial charge in [0, 0.05) is 0 Å². The maximum absolute atomic E-state index is 12.2. The summed E-state index contributed by atoms with van der Waals surface area (Å²) in [4.78, 5) is 12.2. The number of hydrogen-bond donors (Lipinski definition) is 3. The van der Waals surface area contributed by atoms with Gasteiger partial charge in [0.1, 0.15) is 5.75 Å². The monoisotopic (exact) mass is 285 g/mol. The molecule has 0 saturated heterocycles. The van der Waals surface area contributed by atoms with E-state index in [1.807, 2.05) is 37.3 Å². The Labute approximate surface area is 124 Å². The van der Waals surface area contributed by atoms with Crippen LogP contribution in [0.3, 0.4) is 0 Å². The molecule has 1 atom stereocenters. The second kappa shape index (κ2) is 6.90. The third-order valence-electron chi connectivity index (χ3n) is 3.28. The predicted octanol–water partition coefficient (Wildman–Crippen LogP) is 2.03. The number of carbonyl (C=O) groups excluding carboxylic acids is 1. The van der Waals surface area contributed by atoms with Crippen LogP contribution in [-0.4, -0.2) is 28.8 Å². The first-order valence-corrected chi connectivity index (χ1v) is 6.85. The number of phenolic OH excluding ortho intramolecular Hbond substituents is 1. The minimum Gasteiger partial charge on any atom is -0.507 e. The standard InChI is InChI=1S/C17H19NO3/c1-12-7-8-16(20)15(9-12)17(21)18-14(11-19)10-13-5-3-2-4-6-13/h2-9,14,19-20H,10-11H2,1H3,(H,18,21)/t14-/m1/s1. The molecule has 4 nitrogen and oxygen atoms in total. The van der Waals surface area contributed by atoms with Crippen molar-refractivity contribution in [3.63, 3.8) is 0 Å². The van der Waals surface area contributed by atoms with Gasteiger partial charge in [0.05, 0.1) is 18.2 Å². The zero-order chi connectivity index (χ0) is 15.2. The molecule has 0 heterocycles. The lowest BCUT2D eigenvalue weighted by molar-refractivity contribution is 0.0913. The molecular formula is C17H19NO3. The van der Waals surface area contributed by atoms with E-state index in [0.717, 1.165) is 11.1 Å². The Balaban J connectivity index is 2.07. The third-order valence-corrected chi connectivity index (χ3v) is 3.28. The van der Waals surface area contributed by atoms with Crippen molar-refractivity contribution in [3.8, 4) is 5.75 Å². The number of aryl methyl sites for hydroxylation is 1. The summed E-state index contributed by atoms with van der Waals surface area (Å²) in [5.41, 5.74) is 2.15. The van der Waals surface area contributed by atoms with Crippen LogP contribution >= 0.6 is 0 Å². The normalized spacial score (nSPS) is 11.9. The number of amides is 1. The van der Waals surface area contributed by atoms with Crippen LogP contribution in [0, 0.1) is 6.92 Å². The molecule has 0 aromatic heterocycles. The summed E-state index contributed by atoms with van der Waals surface area (Å²) in [5, 5.41) is 21.9. The van der Waals surface area contributed by atoms with E-state index in [0.29, 0.717) is 6.42 Å². The number of aliphatic hydroxyl groups excluding tert-OH is 1. The first kappa shape index (κ1) is 15.1. The van der Waals surface area contributed by atoms with Gasteiger partial charge >= 0.3 is 0 Å². The van der Waals surface area contributed by atoms with Gasteiger partial charge < -0.3 is 15.5 Å². The molecule has 2 rings (SSSR count). The number of phenols is 1. The molecule has 0 bridgehead atoms. The van der Waals surface area contributed by atoms with Crippen molar-refractivity contribution in [3.05, 3.63) is 65.2 Å². The van der Waals surface area contributed by atoms with Gasteiger partial charge in [-0.1, -0.05) is 42.0 Å². The van der Waals surface area contributed by atoms with E-state index >= 15 is 0 Å². The van der Waals surface area contributed by atoms with Crippen LogP contribution in [0.25, 0.3) is 0 Å². The highest BCUT2D eigenvalue weighted by Crippen LogP contribution is 2.18. The molecule has 0 aliphatic heterocycles. The van der Waals surface area contributed by atoms with E-state index in [2.05, 4.69) is 5.32 Å². The fourth-order valence-electron chi connectivity index (χ4n) is 2.15. The van der Waals surface area contributed by atoms with Crippen molar-refractivity contribution in [1.29, 1.82) is 0 Å². The van der Waals surface area contributed by atoms with Gasteiger partial charge in [-0.3, -0.25) is 4.79 Å². The second-order valence-electron chi connectivity index (χ2n) is 5.06. The molecule has 0 saturated carbocycles. The number of carbonyl (C=O) groups is 1. The Morgan fingerprint density at radius 2 is 1.90 bits per heavy atom. The molecule has 0 fully saturated rings. The minimum atomic E-state index is -0.389. The summed E-state index contributed by atoms with van der Waals surface area (Å²) < 4.78 is 0. The van der Waals surface area contributed by atoms with Crippen LogP contribution in [0.15, 0.2) is 48.5 Å². The topological polar surface area (TPSA) is 69.6 Å². The van der Waals surface area contributed by atoms with E-state index in [-0.39, 0.29) is 29.9 Å². The SMILES string of the molecule is Cc1ccc(O)c(C(=O)N[C@@H](CO)Cc2ccccc2)c1. The summed E-state index contributed by atoms with van der Waals surface area (Å²) in [6.45, 7) is 1.69. The van der Waals surface area contributed by atoms with E-state index in [9.17, 15) is 15.0 Å². The Morgan fingerprint density at radius 3 is 2.57 bits per heavy atom. The fraction of sp³-hybridized carbons (Fsp3) is 0.235. The molecular weight excluding hydrogens is 266 g/mol. The van der Waals surface area contributed by atoms with Gasteiger partial charge in [0.25, 0.3) is 5.91 Å². The number of hydrogen-bond acceptors (Lipinski definition) is 3. The van der Waals surface area contributed by atoms with Crippen LogP contribution in [0.4, 0.5) is 0 Å². The number of aromatic hydroxyl groups is 1. The maximum atomic E-state index is 12.2. The van der Waals surface area contributed by atoms with Gasteiger partial charge in [-0.2, -0.15) is 0 Å². The molecule has 4 heteroatoms. The molecule has 21 heavy (non-hydrogen) atoms. The quantitative estimate of drug-likeness (QED) is 0.787. The van der Waals surface area contributed by atoms with Crippen LogP contribution < -0.4 is 5.32 Å². The number of nitrogens with one attached hydrogen (secondary N) is 1. The van der Waals surface area contributed by atoms with Crippen LogP contribution in [0.5, 0.6) is 5.75 Å². The van der Waals surface area contributed by atoms with E-state index < -0.39 is 0 Å². The molecule has 3 N–H and O–H groups in total. The van der Waals surface area contributed by atoms with Crippen molar-refractivity contribution in [2.45, 2.75) is 19.4 Å². The Morgan fingerprint density at radius 1 is 1.19 bits per heavy atom. The van der Waals surface area contributed by atoms with Gasteiger partial charge in [-0.25, -0.2) is 0 Å². The van der Waals surface area contributed by atoms with Gasteiger partial charge in [0.15, 0.2) is 0 Å². The molecule has 2 aromatic carbocycles. The number of aliphatic hydroxyl groups is 1. The largest absolute Gasteiger partial charge is 0.507 e. The zero-order valence-corrected chi connectivity index (χ0v) is 11.9. The Bertz CT molecular complexity index is 611. The lowest BCUT2D eigenvalue weighted by Crippen LogP contribution is -2.39. The van der Waals surface area contributed by atoms with Gasteiger partial charge in [0.2, 0.25) is 0 Å². The highest BCUT2D eigenvalue weighted by molar-refractivity contribution is 5.97. The van der Waals surface area contributed by atoms with Crippen molar-refractivity contribution in [2.75, 3.05) is 6.61 Å². The van der Waals surface area contributed by atoms with Crippen molar-refractivity contribution in [2.24, 2.45) is 0 Å². The van der Waals surface area contributed by atoms with Crippen molar-refractivity contribution >= 4 is 5.91 Å². The average molecular weight is 285 g/mol. The highest BCUT2D eigenvalue weighted by atomic mass is 16.3. The Kier molecular flexibility index (Phi) is 4.95. The predicted molar refractivity (Wildman–Crippen MR) is 81.3 cm³/mol. The van der Waals surface area contributed by atoms with Crippen LogP contribution in [-0.2, 0) is 6.42 Å². The van der Waals surface area contributed by atoms with Gasteiger partial charge in [-0.15, -0.1) is 0 Å². The van der Waals surface area contributed by atoms with E-state index in [1.54, 1.807) is 12.1 Å². The smallest absolute Gasteiger partial charge is 0.255 e. The maximum Gasteiger partial charge on any atom is 0.255 e. The molecule has 0 spiro atoms. The van der Waals surface area contributed by atoms with Crippen molar-refractivity contribution < 1.29 is 15.0 Å². The molecule has 1 amide bonds. The summed E-state index contributed by atoms with van der Waals surface area (Å²) >= 11 is 0. The number of rotatable bonds is 5. The molecule has 0 unspecified atom stereocenters. The third kappa shape index (κ3) is 4.07. The van der Waals surface area contributed by atoms with Gasteiger partial charge in [-0.05, 0) is 31.0 Å². The number of benzene rings is 2. The fourth-order valence-corrected chi connectivity index (χ4v) is 2.15. The second-order valence-corrected chi connectivity index (χ2v) is 5.06. The highest BCUT2D eigenvalue weighted by Gasteiger charge is 2.16. The Hall–Kier alpha value is -2.33.